The van der Waals surface area contributed by atoms with Crippen molar-refractivity contribution in [3.8, 4) is 22.8 Å². The van der Waals surface area contributed by atoms with Gasteiger partial charge in [-0.1, -0.05) is 56.6 Å². The number of halogens is 1. The summed E-state index contributed by atoms with van der Waals surface area (Å²) in [4.78, 5) is 16.4. The number of aromatic amines is 2. The van der Waals surface area contributed by atoms with E-state index in [-0.39, 0.29) is 5.41 Å². The van der Waals surface area contributed by atoms with E-state index < -0.39 is 0 Å². The Morgan fingerprint density at radius 1 is 0.724 bits per heavy atom. The predicted octanol–water partition coefficient (Wildman–Crippen LogP) is 6.72. The summed E-state index contributed by atoms with van der Waals surface area (Å²) in [6, 6.07) is 20.3. The predicted molar refractivity (Wildman–Crippen MR) is 120 cm³/mol. The minimum atomic E-state index is -0.0495. The molecule has 0 aliphatic carbocycles. The van der Waals surface area contributed by atoms with Gasteiger partial charge in [-0.3, -0.25) is 0 Å². The Kier molecular flexibility index (Phi) is 4.00. The minimum absolute atomic E-state index is 0.0495. The molecule has 0 amide bonds. The number of rotatable bonds is 2. The summed E-state index contributed by atoms with van der Waals surface area (Å²) in [5.41, 5.74) is 6.71. The summed E-state index contributed by atoms with van der Waals surface area (Å²) < 4.78 is 0. The zero-order chi connectivity index (χ0) is 20.2. The molecule has 0 bridgehead atoms. The highest BCUT2D eigenvalue weighted by atomic mass is 35.5. The van der Waals surface area contributed by atoms with Crippen LogP contribution in [0.15, 0.2) is 60.7 Å². The summed E-state index contributed by atoms with van der Waals surface area (Å²) in [6.45, 7) is 6.59. The highest BCUT2D eigenvalue weighted by molar-refractivity contribution is 6.36. The van der Waals surface area contributed by atoms with E-state index in [9.17, 15) is 0 Å². The fourth-order valence-corrected chi connectivity index (χ4v) is 3.85. The van der Waals surface area contributed by atoms with Crippen molar-refractivity contribution in [3.05, 3.63) is 71.2 Å². The van der Waals surface area contributed by atoms with Crippen molar-refractivity contribution in [3.63, 3.8) is 0 Å². The second-order valence-corrected chi connectivity index (χ2v) is 8.72. The Bertz CT molecular complexity index is 1190. The molecule has 0 saturated heterocycles. The number of benzene rings is 3. The van der Waals surface area contributed by atoms with Gasteiger partial charge in [-0.2, -0.15) is 0 Å². The van der Waals surface area contributed by atoms with Crippen molar-refractivity contribution in [1.29, 1.82) is 0 Å². The van der Waals surface area contributed by atoms with Gasteiger partial charge in [0, 0.05) is 11.1 Å². The molecule has 0 fully saturated rings. The van der Waals surface area contributed by atoms with E-state index in [0.29, 0.717) is 5.02 Å². The van der Waals surface area contributed by atoms with E-state index in [1.54, 1.807) is 0 Å². The van der Waals surface area contributed by atoms with Crippen molar-refractivity contribution >= 4 is 33.7 Å². The average molecular weight is 401 g/mol. The van der Waals surface area contributed by atoms with E-state index in [1.807, 2.05) is 48.5 Å². The van der Waals surface area contributed by atoms with Crippen molar-refractivity contribution < 1.29 is 0 Å². The summed E-state index contributed by atoms with van der Waals surface area (Å²) in [5.74, 6) is 1.53. The third-order valence-corrected chi connectivity index (χ3v) is 5.63. The molecule has 5 heteroatoms. The topological polar surface area (TPSA) is 57.4 Å². The average Bonchev–Trinajstić information content (AvgIpc) is 3.31. The molecule has 29 heavy (non-hydrogen) atoms. The maximum absolute atomic E-state index is 6.94. The lowest BCUT2D eigenvalue weighted by atomic mass is 9.84. The maximum Gasteiger partial charge on any atom is 0.140 e. The molecule has 0 saturated carbocycles. The quantitative estimate of drug-likeness (QED) is 0.345. The largest absolute Gasteiger partial charge is 0.338 e. The van der Waals surface area contributed by atoms with Crippen molar-refractivity contribution in [2.75, 3.05) is 0 Å². The molecule has 2 heterocycles. The lowest BCUT2D eigenvalue weighted by molar-refractivity contribution is 0.590. The monoisotopic (exact) mass is 400 g/mol. The first-order valence-corrected chi connectivity index (χ1v) is 10.0. The van der Waals surface area contributed by atoms with Gasteiger partial charge in [-0.15, -0.1) is 0 Å². The number of H-pyrrole nitrogens is 2. The highest BCUT2D eigenvalue weighted by Crippen LogP contribution is 2.39. The smallest absolute Gasteiger partial charge is 0.140 e. The number of imidazole rings is 2. The Morgan fingerprint density at radius 2 is 1.17 bits per heavy atom. The lowest BCUT2D eigenvalue weighted by Gasteiger charge is -2.21. The molecule has 2 N–H and O–H groups in total. The Balaban J connectivity index is 1.77. The molecule has 0 spiro atoms. The van der Waals surface area contributed by atoms with Crippen LogP contribution in [0.4, 0.5) is 0 Å². The van der Waals surface area contributed by atoms with Crippen molar-refractivity contribution in [2.24, 2.45) is 0 Å². The molecule has 5 aromatic rings. The molecule has 0 atom stereocenters. The first kappa shape index (κ1) is 18.0. The van der Waals surface area contributed by atoms with E-state index in [1.165, 1.54) is 5.56 Å². The van der Waals surface area contributed by atoms with Gasteiger partial charge < -0.3 is 9.97 Å². The highest BCUT2D eigenvalue weighted by Gasteiger charge is 2.22. The number of nitrogens with zero attached hydrogens (tertiary/aromatic N) is 2. The Morgan fingerprint density at radius 3 is 1.59 bits per heavy atom. The van der Waals surface area contributed by atoms with E-state index in [0.717, 1.165) is 44.8 Å². The van der Waals surface area contributed by atoms with Gasteiger partial charge in [-0.05, 0) is 47.4 Å². The number of aromatic nitrogens is 4. The summed E-state index contributed by atoms with van der Waals surface area (Å²) in [5, 5.41) is 0.635. The van der Waals surface area contributed by atoms with Gasteiger partial charge in [-0.25, -0.2) is 9.97 Å². The van der Waals surface area contributed by atoms with Gasteiger partial charge >= 0.3 is 0 Å². The fourth-order valence-electron chi connectivity index (χ4n) is 3.56. The van der Waals surface area contributed by atoms with Crippen LogP contribution >= 0.6 is 11.6 Å². The zero-order valence-electron chi connectivity index (χ0n) is 16.5. The van der Waals surface area contributed by atoms with Crippen LogP contribution in [0.2, 0.25) is 5.02 Å². The van der Waals surface area contributed by atoms with Crippen LogP contribution in [0.5, 0.6) is 0 Å². The molecule has 0 aliphatic rings. The molecule has 0 unspecified atom stereocenters. The van der Waals surface area contributed by atoms with Crippen LogP contribution in [0, 0.1) is 0 Å². The number of nitrogens with one attached hydrogen (secondary N) is 2. The van der Waals surface area contributed by atoms with E-state index >= 15 is 0 Å². The normalized spacial score (nSPS) is 12.1. The zero-order valence-corrected chi connectivity index (χ0v) is 17.3. The molecule has 0 radical (unpaired) electrons. The Labute approximate surface area is 174 Å². The molecule has 4 nitrogen and oxygen atoms in total. The lowest BCUT2D eigenvalue weighted by Crippen LogP contribution is -2.11. The van der Waals surface area contributed by atoms with Crippen molar-refractivity contribution in [1.82, 2.24) is 19.9 Å². The van der Waals surface area contributed by atoms with Crippen molar-refractivity contribution in [2.45, 2.75) is 26.2 Å². The van der Waals surface area contributed by atoms with E-state index in [4.69, 9.17) is 21.6 Å². The number of para-hydroxylation sites is 4. The molecular weight excluding hydrogens is 380 g/mol. The first-order valence-electron chi connectivity index (χ1n) is 9.64. The summed E-state index contributed by atoms with van der Waals surface area (Å²) in [7, 11) is 0. The number of hydrogen-bond donors (Lipinski definition) is 2. The van der Waals surface area contributed by atoms with Crippen LogP contribution in [0.3, 0.4) is 0 Å². The van der Waals surface area contributed by atoms with Crippen LogP contribution in [0.1, 0.15) is 26.3 Å². The molecule has 0 aliphatic heterocycles. The second-order valence-electron chi connectivity index (χ2n) is 8.34. The Hall–Kier alpha value is -3.11. The van der Waals surface area contributed by atoms with Gasteiger partial charge in [0.1, 0.15) is 11.6 Å². The number of fused-ring (bicyclic) bond motifs is 2. The number of hydrogen-bond acceptors (Lipinski definition) is 2. The standard InChI is InChI=1S/C24H21ClN4/c1-24(2,3)14-12-15(22-26-17-8-4-5-9-18(17)27-22)21(25)16(13-14)23-28-19-10-6-7-11-20(19)29-23/h4-13H,1-3H3,(H,26,27)(H,28,29). The molecule has 3 aromatic carbocycles. The molecule has 144 valence electrons. The van der Waals surface area contributed by atoms with Gasteiger partial charge in [0.25, 0.3) is 0 Å². The van der Waals surface area contributed by atoms with Crippen LogP contribution in [0.25, 0.3) is 44.8 Å². The van der Waals surface area contributed by atoms with Gasteiger partial charge in [0.15, 0.2) is 0 Å². The first-order chi connectivity index (χ1) is 13.9. The van der Waals surface area contributed by atoms with E-state index in [2.05, 4.69) is 42.9 Å². The third kappa shape index (κ3) is 3.10. The van der Waals surface area contributed by atoms with Crippen LogP contribution in [-0.2, 0) is 5.41 Å². The maximum atomic E-state index is 6.94. The molecule has 5 rings (SSSR count). The summed E-state index contributed by atoms with van der Waals surface area (Å²) in [6.07, 6.45) is 0. The SMILES string of the molecule is CC(C)(C)c1cc(-c2nc3ccccc3[nH]2)c(Cl)c(-c2nc3ccccc3[nH]2)c1. The van der Waals surface area contributed by atoms with Crippen LogP contribution in [-0.4, -0.2) is 19.9 Å². The molecular formula is C24H21ClN4. The third-order valence-electron chi connectivity index (χ3n) is 5.23. The fraction of sp³-hybridized carbons (Fsp3) is 0.167. The van der Waals surface area contributed by atoms with Crippen LogP contribution < -0.4 is 0 Å². The van der Waals surface area contributed by atoms with Gasteiger partial charge in [0.2, 0.25) is 0 Å². The minimum Gasteiger partial charge on any atom is -0.338 e. The molecule has 2 aromatic heterocycles. The second kappa shape index (κ2) is 6.46. The summed E-state index contributed by atoms with van der Waals surface area (Å²) >= 11 is 6.94. The van der Waals surface area contributed by atoms with Gasteiger partial charge in [0.05, 0.1) is 27.1 Å².